The second kappa shape index (κ2) is 15.9. The minimum absolute atomic E-state index is 0.160. The minimum Gasteiger partial charge on any atom is -0.389 e. The van der Waals surface area contributed by atoms with Gasteiger partial charge in [0, 0.05) is 55.3 Å². The summed E-state index contributed by atoms with van der Waals surface area (Å²) in [5.41, 5.74) is 7.92. The number of pyridine rings is 1. The summed E-state index contributed by atoms with van der Waals surface area (Å²) in [6.45, 7) is 6.73. The van der Waals surface area contributed by atoms with Crippen LogP contribution in [0.25, 0.3) is 0 Å². The number of aliphatic hydroxyl groups is 1. The van der Waals surface area contributed by atoms with Gasteiger partial charge in [0.05, 0.1) is 17.7 Å². The van der Waals surface area contributed by atoms with Crippen molar-refractivity contribution in [2.24, 2.45) is 5.73 Å². The Hall–Kier alpha value is -4.22. The Labute approximate surface area is 250 Å². The van der Waals surface area contributed by atoms with Gasteiger partial charge in [-0.15, -0.1) is 0 Å². The maximum absolute atomic E-state index is 14.0. The lowest BCUT2D eigenvalue weighted by Crippen LogP contribution is -2.55. The summed E-state index contributed by atoms with van der Waals surface area (Å²) in [5.74, 6) is -2.88. The first-order chi connectivity index (χ1) is 20.5. The molecule has 0 aliphatic rings. The van der Waals surface area contributed by atoms with Gasteiger partial charge in [-0.05, 0) is 79.8 Å². The molecule has 5 N–H and O–H groups in total. The topological polar surface area (TPSA) is 138 Å². The predicted molar refractivity (Wildman–Crippen MR) is 160 cm³/mol. The third-order valence-corrected chi connectivity index (χ3v) is 6.83. The molecule has 0 fully saturated rings. The number of rotatable bonds is 14. The van der Waals surface area contributed by atoms with Crippen LogP contribution in [0.3, 0.4) is 0 Å². The van der Waals surface area contributed by atoms with Crippen LogP contribution >= 0.6 is 0 Å². The van der Waals surface area contributed by atoms with E-state index >= 15 is 0 Å². The van der Waals surface area contributed by atoms with Crippen molar-refractivity contribution in [1.82, 2.24) is 20.5 Å². The highest BCUT2D eigenvalue weighted by atomic mass is 19.1. The summed E-state index contributed by atoms with van der Waals surface area (Å²) in [7, 11) is 0. The van der Waals surface area contributed by atoms with Crippen LogP contribution in [0.4, 0.5) is 8.78 Å². The lowest BCUT2D eigenvalue weighted by Gasteiger charge is -2.29. The van der Waals surface area contributed by atoms with Crippen LogP contribution in [-0.4, -0.2) is 70.5 Å². The van der Waals surface area contributed by atoms with Crippen molar-refractivity contribution in [3.8, 4) is 0 Å². The summed E-state index contributed by atoms with van der Waals surface area (Å²) in [6, 6.07) is 8.73. The summed E-state index contributed by atoms with van der Waals surface area (Å²) in [5, 5.41) is 16.5. The van der Waals surface area contributed by atoms with Crippen LogP contribution < -0.4 is 16.4 Å². The first-order valence-corrected chi connectivity index (χ1v) is 14.3. The smallest absolute Gasteiger partial charge is 0.253 e. The summed E-state index contributed by atoms with van der Waals surface area (Å²) >= 11 is 0. The van der Waals surface area contributed by atoms with Crippen LogP contribution in [0.2, 0.25) is 0 Å². The van der Waals surface area contributed by atoms with E-state index in [0.717, 1.165) is 31.0 Å². The van der Waals surface area contributed by atoms with E-state index in [-0.39, 0.29) is 30.0 Å². The molecule has 9 nitrogen and oxygen atoms in total. The van der Waals surface area contributed by atoms with E-state index in [0.29, 0.717) is 29.8 Å². The maximum atomic E-state index is 14.0. The largest absolute Gasteiger partial charge is 0.389 e. The molecular weight excluding hydrogens is 556 g/mol. The zero-order chi connectivity index (χ0) is 31.5. The van der Waals surface area contributed by atoms with Crippen molar-refractivity contribution >= 4 is 17.7 Å². The van der Waals surface area contributed by atoms with Gasteiger partial charge in [0.2, 0.25) is 0 Å². The molecule has 0 aliphatic carbocycles. The Kier molecular flexibility index (Phi) is 12.3. The van der Waals surface area contributed by atoms with Gasteiger partial charge in [-0.25, -0.2) is 8.78 Å². The molecule has 3 aromatic rings. The number of nitrogens with two attached hydrogens (primary N) is 1. The van der Waals surface area contributed by atoms with Gasteiger partial charge in [0.25, 0.3) is 17.7 Å². The molecule has 0 saturated carbocycles. The molecule has 1 heterocycles. The van der Waals surface area contributed by atoms with Gasteiger partial charge >= 0.3 is 0 Å². The third kappa shape index (κ3) is 9.65. The predicted octanol–water partition coefficient (Wildman–Crippen LogP) is 3.39. The van der Waals surface area contributed by atoms with Crippen LogP contribution in [0.15, 0.2) is 60.9 Å². The molecule has 230 valence electrons. The SMILES string of the molecule is CCCN(CCC)C(=O)c1cc(C)cc(C(=O)N[C@@H](Cc2cc(F)cc(F)c2)[C@H](O)[C@H](N)CNC(=O)c2cccnc2)c1. The van der Waals surface area contributed by atoms with Gasteiger partial charge in [0.1, 0.15) is 11.6 Å². The number of amides is 3. The molecule has 3 atom stereocenters. The van der Waals surface area contributed by atoms with E-state index < -0.39 is 41.6 Å². The lowest BCUT2D eigenvalue weighted by atomic mass is 9.95. The van der Waals surface area contributed by atoms with Gasteiger partial charge in [0.15, 0.2) is 0 Å². The van der Waals surface area contributed by atoms with E-state index in [1.807, 2.05) is 13.8 Å². The summed E-state index contributed by atoms with van der Waals surface area (Å²) in [4.78, 5) is 44.8. The average Bonchev–Trinajstić information content (AvgIpc) is 2.98. The molecule has 0 radical (unpaired) electrons. The Morgan fingerprint density at radius 3 is 2.21 bits per heavy atom. The van der Waals surface area contributed by atoms with Crippen molar-refractivity contribution in [3.63, 3.8) is 0 Å². The Bertz CT molecular complexity index is 1380. The van der Waals surface area contributed by atoms with Gasteiger partial charge in [-0.1, -0.05) is 13.8 Å². The summed E-state index contributed by atoms with van der Waals surface area (Å²) in [6.07, 6.45) is 2.88. The highest BCUT2D eigenvalue weighted by Crippen LogP contribution is 2.16. The van der Waals surface area contributed by atoms with E-state index in [1.54, 1.807) is 36.1 Å². The third-order valence-electron chi connectivity index (χ3n) is 6.83. The van der Waals surface area contributed by atoms with Gasteiger partial charge in [-0.2, -0.15) is 0 Å². The number of benzene rings is 2. The Morgan fingerprint density at radius 2 is 1.60 bits per heavy atom. The first kappa shape index (κ1) is 33.3. The van der Waals surface area contributed by atoms with Crippen LogP contribution in [0.1, 0.15) is 68.9 Å². The molecule has 3 amide bonds. The lowest BCUT2D eigenvalue weighted by molar-refractivity contribution is 0.0743. The van der Waals surface area contributed by atoms with Crippen LogP contribution in [-0.2, 0) is 6.42 Å². The summed E-state index contributed by atoms with van der Waals surface area (Å²) < 4.78 is 27.9. The molecule has 1 aromatic heterocycles. The molecular formula is C32H39F2N5O4. The fourth-order valence-electron chi connectivity index (χ4n) is 4.80. The van der Waals surface area contributed by atoms with Crippen molar-refractivity contribution < 1.29 is 28.3 Å². The normalized spacial score (nSPS) is 13.1. The number of carbonyl (C=O) groups is 3. The van der Waals surface area contributed by atoms with E-state index in [2.05, 4.69) is 15.6 Å². The number of nitrogens with zero attached hydrogens (tertiary/aromatic N) is 2. The average molecular weight is 596 g/mol. The molecule has 3 rings (SSSR count). The number of hydrogen-bond acceptors (Lipinski definition) is 6. The quantitative estimate of drug-likeness (QED) is 0.226. The van der Waals surface area contributed by atoms with Crippen LogP contribution in [0, 0.1) is 18.6 Å². The molecule has 2 aromatic carbocycles. The van der Waals surface area contributed by atoms with E-state index in [9.17, 15) is 28.3 Å². The fourth-order valence-corrected chi connectivity index (χ4v) is 4.80. The molecule has 0 saturated heterocycles. The van der Waals surface area contributed by atoms with E-state index in [1.165, 1.54) is 18.5 Å². The molecule has 0 spiro atoms. The van der Waals surface area contributed by atoms with Gasteiger partial charge in [-0.3, -0.25) is 19.4 Å². The van der Waals surface area contributed by atoms with Gasteiger partial charge < -0.3 is 26.4 Å². The number of halogens is 2. The van der Waals surface area contributed by atoms with Crippen LogP contribution in [0.5, 0.6) is 0 Å². The second-order valence-electron chi connectivity index (χ2n) is 10.5. The number of hydrogen-bond donors (Lipinski definition) is 4. The zero-order valence-electron chi connectivity index (χ0n) is 24.6. The fraction of sp³-hybridized carbons (Fsp3) is 0.375. The number of nitrogens with one attached hydrogen (secondary N) is 2. The van der Waals surface area contributed by atoms with Crippen molar-refractivity contribution in [2.45, 2.75) is 58.2 Å². The highest BCUT2D eigenvalue weighted by molar-refractivity contribution is 6.00. The van der Waals surface area contributed by atoms with Crippen molar-refractivity contribution in [3.05, 3.63) is 100 Å². The zero-order valence-corrected chi connectivity index (χ0v) is 24.6. The maximum Gasteiger partial charge on any atom is 0.253 e. The number of aromatic nitrogens is 1. The monoisotopic (exact) mass is 595 g/mol. The van der Waals surface area contributed by atoms with Crippen molar-refractivity contribution in [2.75, 3.05) is 19.6 Å². The molecule has 0 unspecified atom stereocenters. The second-order valence-corrected chi connectivity index (χ2v) is 10.5. The number of carbonyl (C=O) groups excluding carboxylic acids is 3. The molecule has 0 aliphatic heterocycles. The molecule has 0 bridgehead atoms. The minimum atomic E-state index is -1.43. The molecule has 11 heteroatoms. The molecule has 43 heavy (non-hydrogen) atoms. The highest BCUT2D eigenvalue weighted by Gasteiger charge is 2.29. The number of aliphatic hydroxyl groups excluding tert-OH is 1. The standard InChI is InChI=1S/C32H39F2N5O4/c1-4-9-39(10-5-2)32(43)24-12-20(3)11-23(16-24)31(42)38-28(15-21-13-25(33)17-26(34)14-21)29(40)27(35)19-37-30(41)22-7-6-8-36-18-22/h6-8,11-14,16-18,27-29,40H,4-5,9-10,15,19,35H2,1-3H3,(H,37,41)(H,38,42)/t27-,28+,29-/m1/s1. The Morgan fingerprint density at radius 1 is 0.953 bits per heavy atom. The van der Waals surface area contributed by atoms with E-state index in [4.69, 9.17) is 5.73 Å². The van der Waals surface area contributed by atoms with Crippen molar-refractivity contribution in [1.29, 1.82) is 0 Å². The number of aryl methyl sites for hydroxylation is 1. The first-order valence-electron chi connectivity index (χ1n) is 14.3. The Balaban J connectivity index is 1.84.